The fraction of sp³-hybridized carbons (Fsp3) is 0.263. The van der Waals surface area contributed by atoms with Crippen LogP contribution in [-0.2, 0) is 18.7 Å². The average Bonchev–Trinajstić information content (AvgIpc) is 3.03. The van der Waals surface area contributed by atoms with E-state index in [0.29, 0.717) is 10.0 Å². The first-order valence-corrected chi connectivity index (χ1v) is 9.96. The van der Waals surface area contributed by atoms with Gasteiger partial charge >= 0.3 is 0 Å². The SMILES string of the molecule is CCn1c(Cc2ccc(OC)cc2)nnc1SCc1ccc(Cl)cc1Cl. The van der Waals surface area contributed by atoms with E-state index >= 15 is 0 Å². The van der Waals surface area contributed by atoms with Gasteiger partial charge in [0.2, 0.25) is 0 Å². The smallest absolute Gasteiger partial charge is 0.191 e. The molecule has 2 aromatic carbocycles. The highest BCUT2D eigenvalue weighted by Crippen LogP contribution is 2.28. The van der Waals surface area contributed by atoms with Gasteiger partial charge in [-0.05, 0) is 42.3 Å². The van der Waals surface area contributed by atoms with Crippen LogP contribution in [0.1, 0.15) is 23.9 Å². The predicted octanol–water partition coefficient (Wildman–Crippen LogP) is 5.50. The molecule has 7 heteroatoms. The minimum Gasteiger partial charge on any atom is -0.497 e. The van der Waals surface area contributed by atoms with E-state index in [9.17, 15) is 0 Å². The molecule has 0 N–H and O–H groups in total. The molecular weight excluding hydrogens is 389 g/mol. The molecule has 0 radical (unpaired) electrons. The lowest BCUT2D eigenvalue weighted by molar-refractivity contribution is 0.414. The lowest BCUT2D eigenvalue weighted by Gasteiger charge is -2.08. The molecule has 0 bridgehead atoms. The summed E-state index contributed by atoms with van der Waals surface area (Å²) in [5, 5.41) is 10.9. The Balaban J connectivity index is 1.72. The molecule has 136 valence electrons. The number of hydrogen-bond donors (Lipinski definition) is 0. The van der Waals surface area contributed by atoms with Crippen LogP contribution in [0.15, 0.2) is 47.6 Å². The summed E-state index contributed by atoms with van der Waals surface area (Å²) in [7, 11) is 1.67. The number of benzene rings is 2. The molecule has 0 saturated heterocycles. The molecule has 0 aliphatic heterocycles. The van der Waals surface area contributed by atoms with Crippen LogP contribution < -0.4 is 4.74 Å². The Labute approximate surface area is 167 Å². The molecule has 0 aliphatic rings. The van der Waals surface area contributed by atoms with E-state index in [1.807, 2.05) is 36.4 Å². The second-order valence-corrected chi connectivity index (χ2v) is 7.48. The third-order valence-electron chi connectivity index (χ3n) is 4.00. The molecular formula is C19H19Cl2N3OS. The van der Waals surface area contributed by atoms with Gasteiger partial charge in [0, 0.05) is 28.8 Å². The van der Waals surface area contributed by atoms with E-state index in [1.54, 1.807) is 24.9 Å². The lowest BCUT2D eigenvalue weighted by atomic mass is 10.1. The lowest BCUT2D eigenvalue weighted by Crippen LogP contribution is -2.04. The second-order valence-electron chi connectivity index (χ2n) is 5.69. The summed E-state index contributed by atoms with van der Waals surface area (Å²) >= 11 is 13.8. The molecule has 0 aliphatic carbocycles. The number of aromatic nitrogens is 3. The van der Waals surface area contributed by atoms with Gasteiger partial charge in [0.25, 0.3) is 0 Å². The molecule has 0 unspecified atom stereocenters. The van der Waals surface area contributed by atoms with E-state index in [0.717, 1.165) is 41.0 Å². The largest absolute Gasteiger partial charge is 0.497 e. The number of rotatable bonds is 7. The van der Waals surface area contributed by atoms with Crippen molar-refractivity contribution in [2.24, 2.45) is 0 Å². The van der Waals surface area contributed by atoms with E-state index in [2.05, 4.69) is 21.7 Å². The Bertz CT molecular complexity index is 881. The van der Waals surface area contributed by atoms with Crippen molar-refractivity contribution < 1.29 is 4.74 Å². The summed E-state index contributed by atoms with van der Waals surface area (Å²) in [5.74, 6) is 2.51. The summed E-state index contributed by atoms with van der Waals surface area (Å²) in [6, 6.07) is 13.6. The standard InChI is InChI=1S/C19H19Cl2N3OS/c1-3-24-18(10-13-4-8-16(25-2)9-5-13)22-23-19(24)26-12-14-6-7-15(20)11-17(14)21/h4-9,11H,3,10,12H2,1-2H3. The maximum atomic E-state index is 6.26. The number of ether oxygens (including phenoxy) is 1. The zero-order valence-electron chi connectivity index (χ0n) is 14.6. The summed E-state index contributed by atoms with van der Waals surface area (Å²) in [6.07, 6.45) is 0.729. The molecule has 3 aromatic rings. The van der Waals surface area contributed by atoms with Crippen molar-refractivity contribution in [2.75, 3.05) is 7.11 Å². The zero-order valence-corrected chi connectivity index (χ0v) is 16.9. The van der Waals surface area contributed by atoms with Gasteiger partial charge in [0.15, 0.2) is 5.16 Å². The Morgan fingerprint density at radius 2 is 1.85 bits per heavy atom. The number of methoxy groups -OCH3 is 1. The summed E-state index contributed by atoms with van der Waals surface area (Å²) in [4.78, 5) is 0. The predicted molar refractivity (Wildman–Crippen MR) is 108 cm³/mol. The van der Waals surface area contributed by atoms with Crippen LogP contribution in [0.5, 0.6) is 5.75 Å². The van der Waals surface area contributed by atoms with Crippen LogP contribution in [-0.4, -0.2) is 21.9 Å². The summed E-state index contributed by atoms with van der Waals surface area (Å²) in [6.45, 7) is 2.91. The molecule has 0 atom stereocenters. The molecule has 26 heavy (non-hydrogen) atoms. The van der Waals surface area contributed by atoms with Crippen LogP contribution in [0, 0.1) is 0 Å². The highest BCUT2D eigenvalue weighted by atomic mass is 35.5. The molecule has 0 saturated carbocycles. The van der Waals surface area contributed by atoms with Crippen molar-refractivity contribution in [3.8, 4) is 5.75 Å². The number of hydrogen-bond acceptors (Lipinski definition) is 4. The normalized spacial score (nSPS) is 10.9. The van der Waals surface area contributed by atoms with Crippen molar-refractivity contribution >= 4 is 35.0 Å². The van der Waals surface area contributed by atoms with Crippen LogP contribution in [0.4, 0.5) is 0 Å². The van der Waals surface area contributed by atoms with Crippen LogP contribution in [0.3, 0.4) is 0 Å². The zero-order chi connectivity index (χ0) is 18.5. The molecule has 0 fully saturated rings. The Hall–Kier alpha value is -1.69. The van der Waals surface area contributed by atoms with Gasteiger partial charge in [-0.15, -0.1) is 10.2 Å². The van der Waals surface area contributed by atoms with E-state index in [4.69, 9.17) is 27.9 Å². The fourth-order valence-corrected chi connectivity index (χ4v) is 4.16. The van der Waals surface area contributed by atoms with Crippen LogP contribution >= 0.6 is 35.0 Å². The molecule has 3 rings (SSSR count). The van der Waals surface area contributed by atoms with E-state index in [1.165, 1.54) is 5.56 Å². The van der Waals surface area contributed by atoms with Gasteiger partial charge in [-0.2, -0.15) is 0 Å². The Morgan fingerprint density at radius 3 is 2.50 bits per heavy atom. The molecule has 0 amide bonds. The summed E-state index contributed by atoms with van der Waals surface area (Å²) < 4.78 is 7.34. The average molecular weight is 408 g/mol. The Morgan fingerprint density at radius 1 is 1.08 bits per heavy atom. The first kappa shape index (κ1) is 19.1. The number of nitrogens with zero attached hydrogens (tertiary/aromatic N) is 3. The van der Waals surface area contributed by atoms with Crippen molar-refractivity contribution in [1.29, 1.82) is 0 Å². The highest BCUT2D eigenvalue weighted by molar-refractivity contribution is 7.98. The van der Waals surface area contributed by atoms with E-state index in [-0.39, 0.29) is 0 Å². The number of halogens is 2. The summed E-state index contributed by atoms with van der Waals surface area (Å²) in [5.41, 5.74) is 2.20. The second kappa shape index (κ2) is 8.80. The Kier molecular flexibility index (Phi) is 6.46. The van der Waals surface area contributed by atoms with Gasteiger partial charge in [0.1, 0.15) is 11.6 Å². The van der Waals surface area contributed by atoms with Gasteiger partial charge in [-0.3, -0.25) is 0 Å². The molecule has 1 aromatic heterocycles. The van der Waals surface area contributed by atoms with Gasteiger partial charge in [-0.25, -0.2) is 0 Å². The first-order valence-electron chi connectivity index (χ1n) is 8.22. The molecule has 1 heterocycles. The third-order valence-corrected chi connectivity index (χ3v) is 5.61. The van der Waals surface area contributed by atoms with Gasteiger partial charge in [-0.1, -0.05) is 53.2 Å². The maximum Gasteiger partial charge on any atom is 0.191 e. The number of thioether (sulfide) groups is 1. The van der Waals surface area contributed by atoms with Gasteiger partial charge < -0.3 is 9.30 Å². The molecule has 0 spiro atoms. The first-order chi connectivity index (χ1) is 12.6. The van der Waals surface area contributed by atoms with Gasteiger partial charge in [0.05, 0.1) is 7.11 Å². The molecule has 4 nitrogen and oxygen atoms in total. The van der Waals surface area contributed by atoms with Crippen LogP contribution in [0.2, 0.25) is 10.0 Å². The van der Waals surface area contributed by atoms with Crippen molar-refractivity contribution in [1.82, 2.24) is 14.8 Å². The van der Waals surface area contributed by atoms with Crippen molar-refractivity contribution in [3.63, 3.8) is 0 Å². The topological polar surface area (TPSA) is 39.9 Å². The minimum absolute atomic E-state index is 0.641. The van der Waals surface area contributed by atoms with Crippen LogP contribution in [0.25, 0.3) is 0 Å². The fourth-order valence-electron chi connectivity index (χ4n) is 2.58. The quantitative estimate of drug-likeness (QED) is 0.484. The van der Waals surface area contributed by atoms with E-state index < -0.39 is 0 Å². The monoisotopic (exact) mass is 407 g/mol. The highest BCUT2D eigenvalue weighted by Gasteiger charge is 2.13. The van der Waals surface area contributed by atoms with Crippen molar-refractivity contribution in [3.05, 3.63) is 69.5 Å². The minimum atomic E-state index is 0.641. The third kappa shape index (κ3) is 4.53. The maximum absolute atomic E-state index is 6.26. The van der Waals surface area contributed by atoms with Crippen molar-refractivity contribution in [2.45, 2.75) is 30.8 Å².